The first-order valence-electron chi connectivity index (χ1n) is 14.0. The molecule has 0 amide bonds. The molecule has 1 aliphatic rings. The minimum atomic E-state index is 0.323. The second-order valence-electron chi connectivity index (χ2n) is 10.5. The minimum absolute atomic E-state index is 0.323. The van der Waals surface area contributed by atoms with E-state index in [0.717, 1.165) is 61.4 Å². The van der Waals surface area contributed by atoms with Crippen molar-refractivity contribution in [1.29, 1.82) is 0 Å². The van der Waals surface area contributed by atoms with Crippen LogP contribution in [0, 0.1) is 13.8 Å². The van der Waals surface area contributed by atoms with E-state index >= 15 is 0 Å². The van der Waals surface area contributed by atoms with Gasteiger partial charge in [0.25, 0.3) is 0 Å². The molecule has 1 fully saturated rings. The number of carbonyl (C=O) groups is 1. The third-order valence-electron chi connectivity index (χ3n) is 7.30. The summed E-state index contributed by atoms with van der Waals surface area (Å²) in [5.41, 5.74) is 6.01. The van der Waals surface area contributed by atoms with Gasteiger partial charge >= 0.3 is 0 Å². The quantitative estimate of drug-likeness (QED) is 0.129. The summed E-state index contributed by atoms with van der Waals surface area (Å²) in [5.74, 6) is 1.47. The molecule has 9 heteroatoms. The van der Waals surface area contributed by atoms with Gasteiger partial charge in [0.15, 0.2) is 5.75 Å². The first-order chi connectivity index (χ1) is 20.8. The van der Waals surface area contributed by atoms with Gasteiger partial charge in [-0.05, 0) is 66.4 Å². The maximum absolute atomic E-state index is 11.6. The van der Waals surface area contributed by atoms with Crippen LogP contribution in [0.15, 0.2) is 79.0 Å². The predicted octanol–water partition coefficient (Wildman–Crippen LogP) is 8.39. The van der Waals surface area contributed by atoms with Crippen LogP contribution in [0.2, 0.25) is 15.1 Å². The van der Waals surface area contributed by atoms with Crippen molar-refractivity contribution in [3.8, 4) is 17.4 Å². The molecule has 43 heavy (non-hydrogen) atoms. The molecular formula is C34H32Cl3N3O3. The summed E-state index contributed by atoms with van der Waals surface area (Å²) < 4.78 is 11.9. The number of hydrogen-bond acceptors (Lipinski definition) is 6. The Bertz CT molecular complexity index is 1580. The normalized spacial score (nSPS) is 14.1. The highest BCUT2D eigenvalue weighted by Crippen LogP contribution is 2.36. The Morgan fingerprint density at radius 2 is 1.60 bits per heavy atom. The molecule has 1 aromatic heterocycles. The molecule has 0 bridgehead atoms. The smallest absolute Gasteiger partial charge is 0.219 e. The molecule has 0 unspecified atom stereocenters. The van der Waals surface area contributed by atoms with Gasteiger partial charge in [-0.3, -0.25) is 9.69 Å². The minimum Gasteiger partial charge on any atom is -0.487 e. The molecule has 2 heterocycles. The maximum atomic E-state index is 11.6. The monoisotopic (exact) mass is 635 g/mol. The number of hydrogen-bond donors (Lipinski definition) is 0. The first kappa shape index (κ1) is 30.9. The van der Waals surface area contributed by atoms with Crippen LogP contribution in [0.3, 0.4) is 0 Å². The number of pyridine rings is 1. The lowest BCUT2D eigenvalue weighted by atomic mass is 10.1. The molecule has 6 nitrogen and oxygen atoms in total. The third kappa shape index (κ3) is 8.09. The van der Waals surface area contributed by atoms with Gasteiger partial charge in [0.2, 0.25) is 5.88 Å². The van der Waals surface area contributed by atoms with Crippen LogP contribution < -0.4 is 9.47 Å². The molecule has 1 aliphatic heterocycles. The zero-order chi connectivity index (χ0) is 30.3. The number of halogens is 3. The molecule has 0 radical (unpaired) electrons. The van der Waals surface area contributed by atoms with Crippen LogP contribution in [0.1, 0.15) is 27.8 Å². The number of aromatic nitrogens is 1. The van der Waals surface area contributed by atoms with Crippen molar-refractivity contribution in [1.82, 2.24) is 14.8 Å². The third-order valence-corrected chi connectivity index (χ3v) is 8.32. The lowest BCUT2D eigenvalue weighted by Gasteiger charge is -2.37. The van der Waals surface area contributed by atoms with Gasteiger partial charge < -0.3 is 14.4 Å². The lowest BCUT2D eigenvalue weighted by Crippen LogP contribution is -2.45. The maximum Gasteiger partial charge on any atom is 0.219 e. The van der Waals surface area contributed by atoms with E-state index in [1.165, 1.54) is 11.1 Å². The molecule has 5 rings (SSSR count). The van der Waals surface area contributed by atoms with Gasteiger partial charge in [0, 0.05) is 50.6 Å². The Morgan fingerprint density at radius 1 is 0.860 bits per heavy atom. The summed E-state index contributed by atoms with van der Waals surface area (Å²) in [4.78, 5) is 20.7. The van der Waals surface area contributed by atoms with Crippen LogP contribution >= 0.6 is 34.8 Å². The standard InChI is InChI=1S/C34H32Cl3N3O3/c1-23-3-5-25(6-4-23)21-39-12-14-40(15-13-39)32(11-16-41)27-17-24(2)34(31(37)19-27)43-33-10-8-28(20-38-33)42-22-26-7-9-29(35)30(36)18-26/h3-11,16-20H,12-15,21-22H2,1-2H3/b32-11+. The first-order valence-corrected chi connectivity index (χ1v) is 15.1. The highest BCUT2D eigenvalue weighted by Gasteiger charge is 2.21. The van der Waals surface area contributed by atoms with Crippen molar-refractivity contribution in [2.75, 3.05) is 26.2 Å². The van der Waals surface area contributed by atoms with Gasteiger partial charge in [-0.15, -0.1) is 0 Å². The second-order valence-corrected chi connectivity index (χ2v) is 11.7. The van der Waals surface area contributed by atoms with E-state index in [1.807, 2.05) is 25.1 Å². The van der Waals surface area contributed by atoms with Crippen LogP contribution in [-0.4, -0.2) is 47.2 Å². The van der Waals surface area contributed by atoms with Crippen molar-refractivity contribution in [3.63, 3.8) is 0 Å². The molecule has 0 saturated carbocycles. The highest BCUT2D eigenvalue weighted by molar-refractivity contribution is 6.42. The zero-order valence-corrected chi connectivity index (χ0v) is 26.3. The molecule has 0 atom stereocenters. The summed E-state index contributed by atoms with van der Waals surface area (Å²) >= 11 is 18.8. The van der Waals surface area contributed by atoms with E-state index in [1.54, 1.807) is 36.5 Å². The zero-order valence-electron chi connectivity index (χ0n) is 24.0. The largest absolute Gasteiger partial charge is 0.487 e. The summed E-state index contributed by atoms with van der Waals surface area (Å²) in [6.07, 6.45) is 4.03. The number of aryl methyl sites for hydroxylation is 2. The fourth-order valence-electron chi connectivity index (χ4n) is 4.97. The molecule has 222 valence electrons. The number of nitrogens with zero attached hydrogens (tertiary/aromatic N) is 3. The SMILES string of the molecule is Cc1ccc(CN2CCN(/C(=C/C=O)c3cc(C)c(Oc4ccc(OCc5ccc(Cl)c(Cl)c5)cn4)c(Cl)c3)CC2)cc1. The van der Waals surface area contributed by atoms with Crippen molar-refractivity contribution in [2.45, 2.75) is 27.0 Å². The van der Waals surface area contributed by atoms with E-state index in [4.69, 9.17) is 44.3 Å². The van der Waals surface area contributed by atoms with Crippen LogP contribution in [0.4, 0.5) is 0 Å². The van der Waals surface area contributed by atoms with E-state index in [9.17, 15) is 4.79 Å². The predicted molar refractivity (Wildman–Crippen MR) is 173 cm³/mol. The van der Waals surface area contributed by atoms with Crippen LogP contribution in [0.5, 0.6) is 17.4 Å². The van der Waals surface area contributed by atoms with Crippen molar-refractivity contribution >= 4 is 46.8 Å². The molecule has 0 aliphatic carbocycles. The number of benzene rings is 3. The number of carbonyl (C=O) groups excluding carboxylic acids is 1. The fourth-order valence-corrected chi connectivity index (χ4v) is 5.59. The number of ether oxygens (including phenoxy) is 2. The number of piperazine rings is 1. The van der Waals surface area contributed by atoms with E-state index in [-0.39, 0.29) is 0 Å². The van der Waals surface area contributed by atoms with Gasteiger partial charge in [-0.1, -0.05) is 70.7 Å². The average molecular weight is 637 g/mol. The topological polar surface area (TPSA) is 54.9 Å². The summed E-state index contributed by atoms with van der Waals surface area (Å²) in [7, 11) is 0. The van der Waals surface area contributed by atoms with E-state index < -0.39 is 0 Å². The molecule has 1 saturated heterocycles. The molecular weight excluding hydrogens is 605 g/mol. The highest BCUT2D eigenvalue weighted by atomic mass is 35.5. The Labute approximate surface area is 267 Å². The molecule has 3 aromatic carbocycles. The number of allylic oxidation sites excluding steroid dienone is 1. The Morgan fingerprint density at radius 3 is 2.26 bits per heavy atom. The summed E-state index contributed by atoms with van der Waals surface area (Å²) in [6, 6.07) is 21.4. The summed E-state index contributed by atoms with van der Waals surface area (Å²) in [6.45, 7) is 8.68. The molecule has 0 spiro atoms. The Hall–Kier alpha value is -3.55. The van der Waals surface area contributed by atoms with Crippen LogP contribution in [0.25, 0.3) is 5.70 Å². The van der Waals surface area contributed by atoms with Gasteiger partial charge in [-0.2, -0.15) is 0 Å². The second kappa shape index (κ2) is 14.3. The number of aldehydes is 1. The fraction of sp³-hybridized carbons (Fsp3) is 0.235. The van der Waals surface area contributed by atoms with Crippen molar-refractivity contribution < 1.29 is 14.3 Å². The summed E-state index contributed by atoms with van der Waals surface area (Å²) in [5, 5.41) is 1.42. The average Bonchev–Trinajstić information content (AvgIpc) is 3.00. The Balaban J connectivity index is 1.21. The van der Waals surface area contributed by atoms with Crippen molar-refractivity contribution in [3.05, 3.63) is 122 Å². The number of rotatable bonds is 10. The Kier molecular flexibility index (Phi) is 10.3. The van der Waals surface area contributed by atoms with E-state index in [2.05, 4.69) is 46.0 Å². The van der Waals surface area contributed by atoms with Crippen LogP contribution in [-0.2, 0) is 17.9 Å². The van der Waals surface area contributed by atoms with Gasteiger partial charge in [0.05, 0.1) is 21.3 Å². The van der Waals surface area contributed by atoms with E-state index in [0.29, 0.717) is 39.1 Å². The van der Waals surface area contributed by atoms with Gasteiger partial charge in [0.1, 0.15) is 18.6 Å². The van der Waals surface area contributed by atoms with Crippen molar-refractivity contribution in [2.24, 2.45) is 0 Å². The van der Waals surface area contributed by atoms with Gasteiger partial charge in [-0.25, -0.2) is 4.98 Å². The molecule has 4 aromatic rings. The molecule has 0 N–H and O–H groups in total. The lowest BCUT2D eigenvalue weighted by molar-refractivity contribution is -0.104.